The molecule has 0 aliphatic carbocycles. The SMILES string of the molecule is CCCCC#C[Se]CCCC. The van der Waals surface area contributed by atoms with Crippen LogP contribution in [0.15, 0.2) is 0 Å². The van der Waals surface area contributed by atoms with Gasteiger partial charge in [0.05, 0.1) is 0 Å². The second-order valence-electron chi connectivity index (χ2n) is 2.58. The van der Waals surface area contributed by atoms with Crippen LogP contribution >= 0.6 is 0 Å². The summed E-state index contributed by atoms with van der Waals surface area (Å²) in [6.45, 7) is 4.45. The van der Waals surface area contributed by atoms with E-state index in [0.717, 1.165) is 6.42 Å². The van der Waals surface area contributed by atoms with E-state index in [0.29, 0.717) is 15.0 Å². The summed E-state index contributed by atoms with van der Waals surface area (Å²) < 4.78 is 0. The standard InChI is InChI=1S/C10H18Se/c1-3-5-7-8-10-11-9-6-4-2/h3-7,9H2,1-2H3. The molecule has 1 heteroatoms. The third kappa shape index (κ3) is 10.1. The zero-order valence-electron chi connectivity index (χ0n) is 7.65. The summed E-state index contributed by atoms with van der Waals surface area (Å²) in [6.07, 6.45) is 6.35. The van der Waals surface area contributed by atoms with Crippen LogP contribution in [0.25, 0.3) is 0 Å². The van der Waals surface area contributed by atoms with Crippen molar-refractivity contribution in [3.05, 3.63) is 0 Å². The van der Waals surface area contributed by atoms with E-state index in [2.05, 4.69) is 24.6 Å². The van der Waals surface area contributed by atoms with Gasteiger partial charge in [-0.1, -0.05) is 0 Å². The zero-order valence-corrected chi connectivity index (χ0v) is 9.36. The Balaban J connectivity index is 2.99. The Kier molecular flexibility index (Phi) is 10.2. The summed E-state index contributed by atoms with van der Waals surface area (Å²) in [6, 6.07) is 0. The molecule has 0 aromatic rings. The van der Waals surface area contributed by atoms with Gasteiger partial charge < -0.3 is 0 Å². The first kappa shape index (κ1) is 11.1. The van der Waals surface area contributed by atoms with E-state index in [4.69, 9.17) is 0 Å². The summed E-state index contributed by atoms with van der Waals surface area (Å²) in [4.78, 5) is 3.27. The normalized spacial score (nSPS) is 8.91. The van der Waals surface area contributed by atoms with Crippen molar-refractivity contribution >= 4 is 15.0 Å². The van der Waals surface area contributed by atoms with Crippen LogP contribution in [0.3, 0.4) is 0 Å². The van der Waals surface area contributed by atoms with Crippen LogP contribution in [0, 0.1) is 10.7 Å². The van der Waals surface area contributed by atoms with Gasteiger partial charge in [0.2, 0.25) is 0 Å². The molecule has 0 bridgehead atoms. The van der Waals surface area contributed by atoms with Gasteiger partial charge in [-0.25, -0.2) is 0 Å². The second kappa shape index (κ2) is 10.1. The summed E-state index contributed by atoms with van der Waals surface area (Å²) in [7, 11) is 0. The number of hydrogen-bond acceptors (Lipinski definition) is 0. The van der Waals surface area contributed by atoms with E-state index in [1.54, 1.807) is 0 Å². The van der Waals surface area contributed by atoms with E-state index in [1.807, 2.05) is 0 Å². The van der Waals surface area contributed by atoms with Gasteiger partial charge >= 0.3 is 77.0 Å². The zero-order chi connectivity index (χ0) is 8.36. The molecule has 0 saturated carbocycles. The number of hydrogen-bond donors (Lipinski definition) is 0. The van der Waals surface area contributed by atoms with Crippen LogP contribution in [0.5, 0.6) is 0 Å². The molecule has 0 amide bonds. The van der Waals surface area contributed by atoms with Crippen LogP contribution < -0.4 is 0 Å². The Morgan fingerprint density at radius 1 is 1.09 bits per heavy atom. The van der Waals surface area contributed by atoms with Crippen molar-refractivity contribution in [1.82, 2.24) is 0 Å². The van der Waals surface area contributed by atoms with Gasteiger partial charge in [-0.15, -0.1) is 0 Å². The molecular formula is C10H18Se. The Labute approximate surface area is 77.3 Å². The van der Waals surface area contributed by atoms with Crippen LogP contribution in [0.4, 0.5) is 0 Å². The van der Waals surface area contributed by atoms with Crippen molar-refractivity contribution in [2.75, 3.05) is 0 Å². The monoisotopic (exact) mass is 218 g/mol. The van der Waals surface area contributed by atoms with E-state index in [1.165, 1.54) is 31.0 Å². The fourth-order valence-corrected chi connectivity index (χ4v) is 2.19. The number of rotatable bonds is 5. The molecule has 0 nitrogen and oxygen atoms in total. The van der Waals surface area contributed by atoms with Crippen molar-refractivity contribution in [1.29, 1.82) is 0 Å². The van der Waals surface area contributed by atoms with E-state index < -0.39 is 0 Å². The van der Waals surface area contributed by atoms with E-state index in [9.17, 15) is 0 Å². The molecule has 0 rings (SSSR count). The molecule has 0 heterocycles. The third-order valence-corrected chi connectivity index (χ3v) is 3.04. The van der Waals surface area contributed by atoms with Crippen molar-refractivity contribution < 1.29 is 0 Å². The minimum atomic E-state index is 0.615. The topological polar surface area (TPSA) is 0 Å². The van der Waals surface area contributed by atoms with Crippen LogP contribution in [0.2, 0.25) is 5.32 Å². The quantitative estimate of drug-likeness (QED) is 0.377. The fraction of sp³-hybridized carbons (Fsp3) is 0.800. The molecule has 64 valence electrons. The molecule has 0 spiro atoms. The molecule has 0 radical (unpaired) electrons. The minimum absolute atomic E-state index is 0.615. The van der Waals surface area contributed by atoms with Crippen molar-refractivity contribution in [3.63, 3.8) is 0 Å². The summed E-state index contributed by atoms with van der Waals surface area (Å²) in [5.41, 5.74) is 0. The molecular weight excluding hydrogens is 199 g/mol. The molecule has 0 aromatic carbocycles. The van der Waals surface area contributed by atoms with Gasteiger partial charge in [0.1, 0.15) is 0 Å². The molecule has 0 aliphatic heterocycles. The average molecular weight is 217 g/mol. The fourth-order valence-electron chi connectivity index (χ4n) is 0.635. The van der Waals surface area contributed by atoms with Gasteiger partial charge in [-0.05, 0) is 0 Å². The molecule has 11 heavy (non-hydrogen) atoms. The molecule has 0 N–H and O–H groups in total. The molecule has 0 unspecified atom stereocenters. The predicted molar refractivity (Wildman–Crippen MR) is 52.8 cm³/mol. The van der Waals surface area contributed by atoms with Gasteiger partial charge in [-0.3, -0.25) is 0 Å². The summed E-state index contributed by atoms with van der Waals surface area (Å²) in [5, 5.41) is 1.35. The third-order valence-electron chi connectivity index (χ3n) is 1.40. The van der Waals surface area contributed by atoms with Gasteiger partial charge in [0.15, 0.2) is 0 Å². The second-order valence-corrected chi connectivity index (χ2v) is 4.47. The molecule has 0 atom stereocenters. The molecule has 0 saturated heterocycles. The predicted octanol–water partition coefficient (Wildman–Crippen LogP) is 3.06. The van der Waals surface area contributed by atoms with Crippen molar-refractivity contribution in [2.24, 2.45) is 0 Å². The van der Waals surface area contributed by atoms with Gasteiger partial charge in [0.25, 0.3) is 0 Å². The Morgan fingerprint density at radius 3 is 2.45 bits per heavy atom. The van der Waals surface area contributed by atoms with Gasteiger partial charge in [0, 0.05) is 0 Å². The first-order valence-corrected chi connectivity index (χ1v) is 6.58. The van der Waals surface area contributed by atoms with Crippen molar-refractivity contribution in [3.8, 4) is 10.7 Å². The average Bonchev–Trinajstić information content (AvgIpc) is 2.03. The maximum absolute atomic E-state index is 3.27. The number of unbranched alkanes of at least 4 members (excludes halogenated alkanes) is 3. The summed E-state index contributed by atoms with van der Waals surface area (Å²) >= 11 is 0.615. The Bertz CT molecular complexity index is 119. The molecule has 0 fully saturated rings. The Hall–Kier alpha value is 0.0795. The van der Waals surface area contributed by atoms with E-state index >= 15 is 0 Å². The van der Waals surface area contributed by atoms with Crippen LogP contribution in [0.1, 0.15) is 46.0 Å². The van der Waals surface area contributed by atoms with Crippen molar-refractivity contribution in [2.45, 2.75) is 51.3 Å². The maximum atomic E-state index is 3.27. The summed E-state index contributed by atoms with van der Waals surface area (Å²) in [5.74, 6) is 3.22. The van der Waals surface area contributed by atoms with E-state index in [-0.39, 0.29) is 0 Å². The first-order chi connectivity index (χ1) is 5.41. The van der Waals surface area contributed by atoms with Crippen LogP contribution in [-0.2, 0) is 0 Å². The van der Waals surface area contributed by atoms with Crippen LogP contribution in [-0.4, -0.2) is 15.0 Å². The van der Waals surface area contributed by atoms with Gasteiger partial charge in [-0.2, -0.15) is 0 Å². The first-order valence-electron chi connectivity index (χ1n) is 4.51. The molecule has 0 aliphatic rings. The molecule has 0 aromatic heterocycles. The Morgan fingerprint density at radius 2 is 1.82 bits per heavy atom.